The lowest BCUT2D eigenvalue weighted by molar-refractivity contribution is 0.0234. The molecule has 1 rings (SSSR count). The molecule has 0 aliphatic rings. The van der Waals surface area contributed by atoms with Gasteiger partial charge in [-0.2, -0.15) is 0 Å². The molecule has 102 valence electrons. The molecule has 2 N–H and O–H groups in total. The smallest absolute Gasteiger partial charge is 0.261 e. The molecule has 0 atom stereocenters. The van der Waals surface area contributed by atoms with Crippen molar-refractivity contribution in [3.63, 3.8) is 0 Å². The predicted molar refractivity (Wildman–Crippen MR) is 63.2 cm³/mol. The number of hydrogen-bond donors (Lipinski definition) is 1. The molecule has 0 spiro atoms. The zero-order valence-corrected chi connectivity index (χ0v) is 10.5. The molecule has 0 aromatic heterocycles. The van der Waals surface area contributed by atoms with Crippen LogP contribution in [0, 0.1) is 0 Å². The van der Waals surface area contributed by atoms with Crippen LogP contribution in [-0.4, -0.2) is 33.8 Å². The molecule has 0 heterocycles. The van der Waals surface area contributed by atoms with Crippen LogP contribution in [0.2, 0.25) is 0 Å². The second kappa shape index (κ2) is 6.77. The fraction of sp³-hybridized carbons (Fsp3) is 0.455. The number of sulfone groups is 1. The van der Waals surface area contributed by atoms with Crippen LogP contribution in [0.15, 0.2) is 29.2 Å². The summed E-state index contributed by atoms with van der Waals surface area (Å²) in [4.78, 5) is 0.131. The average Bonchev–Trinajstić information content (AvgIpc) is 2.34. The second-order valence-corrected chi connectivity index (χ2v) is 5.75. The lowest BCUT2D eigenvalue weighted by Crippen LogP contribution is -2.15. The van der Waals surface area contributed by atoms with Crippen LogP contribution in [0.1, 0.15) is 5.56 Å². The quantitative estimate of drug-likeness (QED) is 0.761. The van der Waals surface area contributed by atoms with Crippen molar-refractivity contribution in [3.8, 4) is 0 Å². The molecule has 0 bridgehead atoms. The van der Waals surface area contributed by atoms with E-state index in [4.69, 9.17) is 5.73 Å². The molecule has 0 unspecified atom stereocenters. The van der Waals surface area contributed by atoms with E-state index in [1.54, 1.807) is 12.1 Å². The normalized spacial score (nSPS) is 12.0. The van der Waals surface area contributed by atoms with Crippen molar-refractivity contribution in [2.75, 3.05) is 19.0 Å². The van der Waals surface area contributed by atoms with E-state index in [0.717, 1.165) is 0 Å². The number of halogens is 2. The first-order chi connectivity index (χ1) is 8.45. The number of hydrogen-bond acceptors (Lipinski definition) is 4. The van der Waals surface area contributed by atoms with Gasteiger partial charge in [-0.25, -0.2) is 17.2 Å². The molecule has 0 fully saturated rings. The Kier molecular flexibility index (Phi) is 5.64. The highest BCUT2D eigenvalue weighted by atomic mass is 32.2. The van der Waals surface area contributed by atoms with E-state index >= 15 is 0 Å². The van der Waals surface area contributed by atoms with E-state index in [0.29, 0.717) is 5.56 Å². The Morgan fingerprint density at radius 3 is 2.67 bits per heavy atom. The summed E-state index contributed by atoms with van der Waals surface area (Å²) >= 11 is 0. The first-order valence-corrected chi connectivity index (χ1v) is 6.98. The number of rotatable bonds is 7. The highest BCUT2D eigenvalue weighted by Crippen LogP contribution is 2.13. The van der Waals surface area contributed by atoms with E-state index < -0.39 is 22.9 Å². The van der Waals surface area contributed by atoms with Crippen molar-refractivity contribution in [3.05, 3.63) is 29.8 Å². The Bertz CT molecular complexity index is 477. The lowest BCUT2D eigenvalue weighted by atomic mass is 10.2. The maximum atomic E-state index is 11.8. The minimum Gasteiger partial charge on any atom is -0.374 e. The third-order valence-electron chi connectivity index (χ3n) is 2.23. The number of benzene rings is 1. The van der Waals surface area contributed by atoms with Gasteiger partial charge in [-0.1, -0.05) is 12.1 Å². The summed E-state index contributed by atoms with van der Waals surface area (Å²) in [7, 11) is -3.52. The Morgan fingerprint density at radius 1 is 1.33 bits per heavy atom. The maximum absolute atomic E-state index is 11.8. The fourth-order valence-electron chi connectivity index (χ4n) is 1.32. The van der Waals surface area contributed by atoms with Gasteiger partial charge in [0.15, 0.2) is 9.84 Å². The van der Waals surface area contributed by atoms with Gasteiger partial charge in [-0.05, 0) is 17.7 Å². The van der Waals surface area contributed by atoms with Crippen LogP contribution in [0.3, 0.4) is 0 Å². The van der Waals surface area contributed by atoms with Gasteiger partial charge in [0.05, 0.1) is 17.3 Å². The minimum absolute atomic E-state index is 0.131. The molecule has 0 aliphatic carbocycles. The largest absolute Gasteiger partial charge is 0.374 e. The molecule has 0 radical (unpaired) electrons. The zero-order valence-electron chi connectivity index (χ0n) is 9.68. The van der Waals surface area contributed by atoms with Crippen molar-refractivity contribution in [1.82, 2.24) is 0 Å². The highest BCUT2D eigenvalue weighted by Gasteiger charge is 2.15. The predicted octanol–water partition coefficient (Wildman–Crippen LogP) is 1.20. The van der Waals surface area contributed by atoms with Crippen LogP contribution >= 0.6 is 0 Å². The molecule has 0 saturated heterocycles. The highest BCUT2D eigenvalue weighted by molar-refractivity contribution is 7.91. The van der Waals surface area contributed by atoms with Gasteiger partial charge in [-0.3, -0.25) is 0 Å². The van der Waals surface area contributed by atoms with Crippen LogP contribution in [0.5, 0.6) is 0 Å². The Balaban J connectivity index is 2.62. The zero-order chi connectivity index (χ0) is 13.6. The minimum atomic E-state index is -3.52. The summed E-state index contributed by atoms with van der Waals surface area (Å²) in [5.41, 5.74) is 6.11. The third kappa shape index (κ3) is 4.67. The number of ether oxygens (including phenoxy) is 1. The number of nitrogens with two attached hydrogens (primary N) is 1. The van der Waals surface area contributed by atoms with Crippen molar-refractivity contribution >= 4 is 9.84 Å². The van der Waals surface area contributed by atoms with E-state index in [2.05, 4.69) is 4.74 Å². The molecule has 18 heavy (non-hydrogen) atoms. The maximum Gasteiger partial charge on any atom is 0.261 e. The van der Waals surface area contributed by atoms with Crippen molar-refractivity contribution in [2.24, 2.45) is 5.73 Å². The molecule has 0 saturated carbocycles. The second-order valence-electron chi connectivity index (χ2n) is 3.64. The molecule has 0 aliphatic heterocycles. The third-order valence-corrected chi connectivity index (χ3v) is 3.91. The molecular formula is C11H15F2NO3S. The van der Waals surface area contributed by atoms with Gasteiger partial charge in [0.2, 0.25) is 0 Å². The molecule has 7 heteroatoms. The fourth-order valence-corrected chi connectivity index (χ4v) is 2.51. The molecular weight excluding hydrogens is 264 g/mol. The van der Waals surface area contributed by atoms with Crippen molar-refractivity contribution < 1.29 is 21.9 Å². The van der Waals surface area contributed by atoms with Gasteiger partial charge < -0.3 is 10.5 Å². The molecule has 1 aromatic rings. The summed E-state index contributed by atoms with van der Waals surface area (Å²) in [6, 6.07) is 6.23. The Hall–Kier alpha value is -1.05. The van der Waals surface area contributed by atoms with Gasteiger partial charge in [0.25, 0.3) is 6.43 Å². The summed E-state index contributed by atoms with van der Waals surface area (Å²) in [5, 5.41) is 0. The average molecular weight is 279 g/mol. The van der Waals surface area contributed by atoms with Crippen LogP contribution < -0.4 is 5.73 Å². The first-order valence-electron chi connectivity index (χ1n) is 5.33. The van der Waals surface area contributed by atoms with Crippen molar-refractivity contribution in [1.29, 1.82) is 0 Å². The summed E-state index contributed by atoms with van der Waals surface area (Å²) < 4.78 is 51.8. The topological polar surface area (TPSA) is 69.4 Å². The van der Waals surface area contributed by atoms with Crippen molar-refractivity contribution in [2.45, 2.75) is 17.9 Å². The van der Waals surface area contributed by atoms with E-state index in [1.807, 2.05) is 0 Å². The van der Waals surface area contributed by atoms with Gasteiger partial charge >= 0.3 is 0 Å². The summed E-state index contributed by atoms with van der Waals surface area (Å²) in [6.45, 7) is -0.761. The summed E-state index contributed by atoms with van der Waals surface area (Å²) in [5.74, 6) is -0.326. The standard InChI is InChI=1S/C11H15F2NO3S/c12-11(13)8-17-4-5-18(15,16)10-3-1-2-9(6-10)7-14/h1-3,6,11H,4-5,7-8,14H2. The van der Waals surface area contributed by atoms with E-state index in [9.17, 15) is 17.2 Å². The van der Waals surface area contributed by atoms with Gasteiger partial charge in [0.1, 0.15) is 6.61 Å². The van der Waals surface area contributed by atoms with E-state index in [1.165, 1.54) is 12.1 Å². The SMILES string of the molecule is NCc1cccc(S(=O)(=O)CCOCC(F)F)c1. The first kappa shape index (κ1) is 15.0. The molecule has 0 amide bonds. The molecule has 4 nitrogen and oxygen atoms in total. The monoisotopic (exact) mass is 279 g/mol. The van der Waals surface area contributed by atoms with Gasteiger partial charge in [-0.15, -0.1) is 0 Å². The summed E-state index contributed by atoms with van der Waals surface area (Å²) in [6.07, 6.45) is -2.59. The van der Waals surface area contributed by atoms with Gasteiger partial charge in [0, 0.05) is 6.54 Å². The Morgan fingerprint density at radius 2 is 2.06 bits per heavy atom. The van der Waals surface area contributed by atoms with E-state index in [-0.39, 0.29) is 23.8 Å². The van der Waals surface area contributed by atoms with Crippen LogP contribution in [0.25, 0.3) is 0 Å². The van der Waals surface area contributed by atoms with Crippen LogP contribution in [0.4, 0.5) is 8.78 Å². The lowest BCUT2D eigenvalue weighted by Gasteiger charge is -2.06. The number of alkyl halides is 2. The molecule has 1 aromatic carbocycles. The van der Waals surface area contributed by atoms with Crippen LogP contribution in [-0.2, 0) is 21.1 Å². The Labute approximate surface area is 105 Å².